The smallest absolute Gasteiger partial charge is 0.337 e. The van der Waals surface area contributed by atoms with E-state index in [1.807, 2.05) is 47.6 Å². The molecule has 0 fully saturated rings. The lowest BCUT2D eigenvalue weighted by atomic mass is 9.85. The van der Waals surface area contributed by atoms with Crippen molar-refractivity contribution >= 4 is 34.8 Å². The van der Waals surface area contributed by atoms with Gasteiger partial charge in [0.15, 0.2) is 0 Å². The van der Waals surface area contributed by atoms with E-state index in [4.69, 9.17) is 21.7 Å². The molecule has 3 rings (SSSR count). The van der Waals surface area contributed by atoms with Gasteiger partial charge in [-0.1, -0.05) is 18.3 Å². The quantitative estimate of drug-likeness (QED) is 0.327. The summed E-state index contributed by atoms with van der Waals surface area (Å²) in [5.41, 5.74) is 5.69. The molecular weight excluding hydrogens is 438 g/mol. The average molecular weight is 470 g/mol. The van der Waals surface area contributed by atoms with Crippen LogP contribution in [0.15, 0.2) is 12.1 Å². The summed E-state index contributed by atoms with van der Waals surface area (Å²) in [5, 5.41) is 12.8. The Morgan fingerprint density at radius 2 is 1.82 bits per heavy atom. The lowest BCUT2D eigenvalue weighted by Gasteiger charge is -2.38. The van der Waals surface area contributed by atoms with Crippen molar-refractivity contribution in [3.63, 3.8) is 0 Å². The first-order valence-electron chi connectivity index (χ1n) is 11.0. The van der Waals surface area contributed by atoms with Crippen LogP contribution in [0, 0.1) is 34.6 Å². The van der Waals surface area contributed by atoms with Gasteiger partial charge in [0.25, 0.3) is 0 Å². The number of aryl methyl sites for hydroxylation is 2. The zero-order chi connectivity index (χ0) is 24.7. The van der Waals surface area contributed by atoms with Gasteiger partial charge >= 0.3 is 11.9 Å². The normalized spacial score (nSPS) is 17.1. The van der Waals surface area contributed by atoms with Gasteiger partial charge in [-0.15, -0.1) is 0 Å². The highest BCUT2D eigenvalue weighted by Crippen LogP contribution is 2.44. The summed E-state index contributed by atoms with van der Waals surface area (Å²) < 4.78 is 12.0. The molecule has 2 aromatic rings. The minimum Gasteiger partial charge on any atom is -0.487 e. The lowest BCUT2D eigenvalue weighted by Crippen LogP contribution is -2.40. The molecule has 0 bridgehead atoms. The first-order chi connectivity index (χ1) is 15.3. The Morgan fingerprint density at radius 1 is 1.15 bits per heavy atom. The fourth-order valence-corrected chi connectivity index (χ4v) is 4.94. The van der Waals surface area contributed by atoms with E-state index >= 15 is 0 Å². The van der Waals surface area contributed by atoms with E-state index in [9.17, 15) is 14.7 Å². The highest BCUT2D eigenvalue weighted by atomic mass is 32.1. The molecular formula is C26H31NO5S. The predicted molar refractivity (Wildman–Crippen MR) is 133 cm³/mol. The number of carboxylic acid groups (broad SMARTS) is 1. The summed E-state index contributed by atoms with van der Waals surface area (Å²) in [4.78, 5) is 23.8. The van der Waals surface area contributed by atoms with Crippen LogP contribution in [0.25, 0.3) is 0 Å². The minimum atomic E-state index is -0.994. The lowest BCUT2D eigenvalue weighted by molar-refractivity contribution is -0.132. The molecule has 0 aromatic heterocycles. The van der Waals surface area contributed by atoms with Crippen LogP contribution >= 0.6 is 12.2 Å². The Labute approximate surface area is 200 Å². The number of benzene rings is 2. The van der Waals surface area contributed by atoms with Crippen LogP contribution in [0.5, 0.6) is 11.5 Å². The second-order valence-corrected chi connectivity index (χ2v) is 9.68. The Morgan fingerprint density at radius 3 is 2.42 bits per heavy atom. The standard InChI is InChI=1S/C26H31NO5S/c1-13-10-14(2)22(20(11-13)25(29)30)27-21(33)12-26(7)9-8-19-17(5)23(31-18(6)28)15(3)16(4)24(19)32-26/h10-11H,8-9,12H2,1-7H3,(H,27,33)(H,29,30). The first kappa shape index (κ1) is 24.7. The molecule has 0 saturated carbocycles. The van der Waals surface area contributed by atoms with Crippen molar-refractivity contribution in [2.75, 3.05) is 5.32 Å². The van der Waals surface area contributed by atoms with Gasteiger partial charge in [0.05, 0.1) is 16.2 Å². The third-order valence-corrected chi connectivity index (χ3v) is 6.56. The summed E-state index contributed by atoms with van der Waals surface area (Å²) in [7, 11) is 0. The largest absolute Gasteiger partial charge is 0.487 e. The number of rotatable bonds is 5. The van der Waals surface area contributed by atoms with Gasteiger partial charge in [-0.05, 0) is 88.3 Å². The molecule has 1 aliphatic rings. The number of carboxylic acids is 1. The van der Waals surface area contributed by atoms with E-state index in [1.54, 1.807) is 6.07 Å². The van der Waals surface area contributed by atoms with E-state index in [0.29, 0.717) is 22.8 Å². The first-order valence-corrected chi connectivity index (χ1v) is 11.4. The van der Waals surface area contributed by atoms with Gasteiger partial charge in [-0.25, -0.2) is 4.79 Å². The van der Waals surface area contributed by atoms with Crippen LogP contribution in [-0.4, -0.2) is 27.6 Å². The van der Waals surface area contributed by atoms with Gasteiger partial charge in [-0.2, -0.15) is 0 Å². The molecule has 0 aliphatic carbocycles. The van der Waals surface area contributed by atoms with E-state index in [0.717, 1.165) is 52.0 Å². The van der Waals surface area contributed by atoms with Gasteiger partial charge in [-0.3, -0.25) is 4.79 Å². The molecule has 0 amide bonds. The molecule has 1 aliphatic heterocycles. The zero-order valence-corrected chi connectivity index (χ0v) is 21.1. The summed E-state index contributed by atoms with van der Waals surface area (Å²) in [5.74, 6) is 0.0892. The Balaban J connectivity index is 1.86. The molecule has 0 radical (unpaired) electrons. The molecule has 2 aromatic carbocycles. The highest BCUT2D eigenvalue weighted by Gasteiger charge is 2.36. The van der Waals surface area contributed by atoms with Gasteiger partial charge in [0.1, 0.15) is 17.1 Å². The third kappa shape index (κ3) is 5.03. The maximum absolute atomic E-state index is 11.8. The Bertz CT molecular complexity index is 1170. The number of thiocarbonyl (C=S) groups is 1. The molecule has 1 atom stereocenters. The number of ether oxygens (including phenoxy) is 2. The van der Waals surface area contributed by atoms with E-state index in [2.05, 4.69) is 5.32 Å². The number of hydrogen-bond acceptors (Lipinski definition) is 5. The molecule has 33 heavy (non-hydrogen) atoms. The molecule has 1 heterocycles. The number of anilines is 1. The monoisotopic (exact) mass is 469 g/mol. The molecule has 6 nitrogen and oxygen atoms in total. The highest BCUT2D eigenvalue weighted by molar-refractivity contribution is 7.80. The third-order valence-electron chi connectivity index (χ3n) is 6.32. The van der Waals surface area contributed by atoms with Gasteiger partial charge in [0, 0.05) is 18.9 Å². The number of carbonyl (C=O) groups is 2. The topological polar surface area (TPSA) is 84.9 Å². The molecule has 7 heteroatoms. The summed E-state index contributed by atoms with van der Waals surface area (Å²) in [6.07, 6.45) is 1.93. The molecule has 2 N–H and O–H groups in total. The molecule has 0 spiro atoms. The summed E-state index contributed by atoms with van der Waals surface area (Å²) in [6.45, 7) is 13.0. The Kier molecular flexibility index (Phi) is 6.84. The number of hydrogen-bond donors (Lipinski definition) is 2. The van der Waals surface area contributed by atoms with Crippen molar-refractivity contribution in [1.29, 1.82) is 0 Å². The van der Waals surface area contributed by atoms with Crippen molar-refractivity contribution in [3.05, 3.63) is 51.1 Å². The Hall–Kier alpha value is -2.93. The molecule has 176 valence electrons. The maximum Gasteiger partial charge on any atom is 0.337 e. The molecule has 1 unspecified atom stereocenters. The summed E-state index contributed by atoms with van der Waals surface area (Å²) >= 11 is 5.64. The van der Waals surface area contributed by atoms with E-state index in [-0.39, 0.29) is 11.5 Å². The number of fused-ring (bicyclic) bond motifs is 1. The fourth-order valence-electron chi connectivity index (χ4n) is 4.53. The van der Waals surface area contributed by atoms with Gasteiger partial charge in [0.2, 0.25) is 0 Å². The van der Waals surface area contributed by atoms with Crippen LogP contribution in [0.1, 0.15) is 70.4 Å². The van der Waals surface area contributed by atoms with Crippen molar-refractivity contribution in [3.8, 4) is 11.5 Å². The van der Waals surface area contributed by atoms with E-state index in [1.165, 1.54) is 6.92 Å². The SMILES string of the molecule is CC(=O)Oc1c(C)c(C)c2c(c1C)CCC(C)(CC(=S)Nc1c(C)cc(C)cc1C(=O)O)O2. The zero-order valence-electron chi connectivity index (χ0n) is 20.3. The van der Waals surface area contributed by atoms with Crippen LogP contribution in [0.2, 0.25) is 0 Å². The maximum atomic E-state index is 11.8. The second kappa shape index (κ2) is 9.14. The van der Waals surface area contributed by atoms with Crippen LogP contribution in [0.4, 0.5) is 5.69 Å². The summed E-state index contributed by atoms with van der Waals surface area (Å²) in [6, 6.07) is 3.58. The van der Waals surface area contributed by atoms with Crippen LogP contribution < -0.4 is 14.8 Å². The second-order valence-electron chi connectivity index (χ2n) is 9.19. The van der Waals surface area contributed by atoms with Crippen molar-refractivity contribution in [2.24, 2.45) is 0 Å². The van der Waals surface area contributed by atoms with Crippen molar-refractivity contribution in [2.45, 2.75) is 73.3 Å². The fraction of sp³-hybridized carbons (Fsp3) is 0.423. The number of carbonyl (C=O) groups excluding carboxylic acids is 1. The number of esters is 1. The van der Waals surface area contributed by atoms with Crippen molar-refractivity contribution < 1.29 is 24.2 Å². The van der Waals surface area contributed by atoms with Crippen LogP contribution in [-0.2, 0) is 11.2 Å². The number of nitrogens with one attached hydrogen (secondary N) is 1. The van der Waals surface area contributed by atoms with E-state index < -0.39 is 11.6 Å². The van der Waals surface area contributed by atoms with Crippen LogP contribution in [0.3, 0.4) is 0 Å². The van der Waals surface area contributed by atoms with Gasteiger partial charge < -0.3 is 19.9 Å². The predicted octanol–water partition coefficient (Wildman–Crippen LogP) is 5.77. The molecule has 0 saturated heterocycles. The minimum absolute atomic E-state index is 0.204. The average Bonchev–Trinajstić information content (AvgIpc) is 2.70. The number of aromatic carboxylic acids is 1. The van der Waals surface area contributed by atoms with Crippen molar-refractivity contribution in [1.82, 2.24) is 0 Å².